The zero-order valence-electron chi connectivity index (χ0n) is 15.4. The highest BCUT2D eigenvalue weighted by Gasteiger charge is 2.13. The summed E-state index contributed by atoms with van der Waals surface area (Å²) in [5.41, 5.74) is 4.52. The summed E-state index contributed by atoms with van der Waals surface area (Å²) in [6, 6.07) is 16.4. The van der Waals surface area contributed by atoms with Crippen LogP contribution in [-0.4, -0.2) is 32.2 Å². The van der Waals surface area contributed by atoms with Gasteiger partial charge >= 0.3 is 0 Å². The lowest BCUT2D eigenvalue weighted by atomic mass is 10.1. The molecular weight excluding hydrogens is 324 g/mol. The van der Waals surface area contributed by atoms with Gasteiger partial charge in [0.2, 0.25) is 5.91 Å². The molecule has 2 aromatic carbocycles. The number of amides is 1. The average molecular weight is 350 g/mol. The number of morpholine rings is 1. The number of nitrogens with one attached hydrogen (secondary N) is 1. The average Bonchev–Trinajstić information content (AvgIpc) is 2.68. The molecule has 0 spiro atoms. The standard InChI is InChI=1S/C22H26N2O2/c1-17-6-8-19(9-7-17)10-11-22(25)23-18(2)20-4-3-5-21(16-20)24-12-14-26-15-13-24/h3-11,16,18H,12-15H2,1-2H3,(H,23,25)/t18-/m0/s1. The van der Waals surface area contributed by atoms with Crippen LogP contribution in [0.1, 0.15) is 29.7 Å². The number of hydrogen-bond donors (Lipinski definition) is 1. The van der Waals surface area contributed by atoms with Gasteiger partial charge in [0, 0.05) is 24.9 Å². The lowest BCUT2D eigenvalue weighted by Crippen LogP contribution is -2.36. The summed E-state index contributed by atoms with van der Waals surface area (Å²) in [6.45, 7) is 7.40. The van der Waals surface area contributed by atoms with Crippen LogP contribution in [0.25, 0.3) is 6.08 Å². The second kappa shape index (κ2) is 8.68. The van der Waals surface area contributed by atoms with Gasteiger partial charge in [-0.1, -0.05) is 42.0 Å². The number of ether oxygens (including phenoxy) is 1. The molecule has 0 saturated carbocycles. The summed E-state index contributed by atoms with van der Waals surface area (Å²) >= 11 is 0. The molecule has 0 radical (unpaired) electrons. The van der Waals surface area contributed by atoms with Gasteiger partial charge in [-0.2, -0.15) is 0 Å². The maximum atomic E-state index is 12.2. The van der Waals surface area contributed by atoms with Crippen molar-refractivity contribution in [2.75, 3.05) is 31.2 Å². The summed E-state index contributed by atoms with van der Waals surface area (Å²) < 4.78 is 5.42. The predicted molar refractivity (Wildman–Crippen MR) is 106 cm³/mol. The van der Waals surface area contributed by atoms with E-state index >= 15 is 0 Å². The molecule has 1 aliphatic rings. The first kappa shape index (κ1) is 18.2. The SMILES string of the molecule is Cc1ccc(C=CC(=O)N[C@@H](C)c2cccc(N3CCOCC3)c2)cc1. The Bertz CT molecular complexity index is 762. The molecule has 3 rings (SSSR count). The van der Waals surface area contributed by atoms with Gasteiger partial charge in [0.15, 0.2) is 0 Å². The van der Waals surface area contributed by atoms with Gasteiger partial charge in [-0.05, 0) is 43.2 Å². The highest BCUT2D eigenvalue weighted by molar-refractivity contribution is 5.92. The lowest BCUT2D eigenvalue weighted by molar-refractivity contribution is -0.117. The third kappa shape index (κ3) is 4.96. The Morgan fingerprint density at radius 3 is 2.62 bits per heavy atom. The number of carbonyl (C=O) groups excluding carboxylic acids is 1. The molecule has 136 valence electrons. The van der Waals surface area contributed by atoms with Crippen molar-refractivity contribution in [3.63, 3.8) is 0 Å². The molecular formula is C22H26N2O2. The molecule has 0 aliphatic carbocycles. The Kier molecular flexibility index (Phi) is 6.08. The summed E-state index contributed by atoms with van der Waals surface area (Å²) in [6.07, 6.45) is 3.43. The second-order valence-corrected chi connectivity index (χ2v) is 6.67. The van der Waals surface area contributed by atoms with E-state index in [2.05, 4.69) is 28.4 Å². The first-order chi connectivity index (χ1) is 12.6. The van der Waals surface area contributed by atoms with Crippen LogP contribution in [0.4, 0.5) is 5.69 Å². The second-order valence-electron chi connectivity index (χ2n) is 6.67. The van der Waals surface area contributed by atoms with E-state index in [9.17, 15) is 4.79 Å². The molecule has 0 bridgehead atoms. The minimum atomic E-state index is -0.0881. The van der Waals surface area contributed by atoms with Crippen molar-refractivity contribution in [2.24, 2.45) is 0 Å². The van der Waals surface area contributed by atoms with Crippen LogP contribution in [0, 0.1) is 6.92 Å². The van der Waals surface area contributed by atoms with Crippen molar-refractivity contribution in [2.45, 2.75) is 19.9 Å². The molecule has 4 heteroatoms. The first-order valence-electron chi connectivity index (χ1n) is 9.10. The normalized spacial score (nSPS) is 15.8. The Balaban J connectivity index is 1.61. The van der Waals surface area contributed by atoms with E-state index in [1.54, 1.807) is 6.08 Å². The number of aryl methyl sites for hydroxylation is 1. The third-order valence-electron chi connectivity index (χ3n) is 4.61. The minimum absolute atomic E-state index is 0.0499. The van der Waals surface area contributed by atoms with Gasteiger partial charge in [0.25, 0.3) is 0 Å². The van der Waals surface area contributed by atoms with Crippen molar-refractivity contribution in [3.8, 4) is 0 Å². The predicted octanol–water partition coefficient (Wildman–Crippen LogP) is 3.72. The monoisotopic (exact) mass is 350 g/mol. The molecule has 4 nitrogen and oxygen atoms in total. The lowest BCUT2D eigenvalue weighted by Gasteiger charge is -2.29. The molecule has 1 heterocycles. The number of hydrogen-bond acceptors (Lipinski definition) is 3. The fourth-order valence-electron chi connectivity index (χ4n) is 3.01. The van der Waals surface area contributed by atoms with Gasteiger partial charge in [0.05, 0.1) is 19.3 Å². The van der Waals surface area contributed by atoms with Crippen LogP contribution >= 0.6 is 0 Å². The molecule has 2 aromatic rings. The number of anilines is 1. The van der Waals surface area contributed by atoms with Crippen LogP contribution in [0.5, 0.6) is 0 Å². The maximum absolute atomic E-state index is 12.2. The molecule has 0 aromatic heterocycles. The van der Waals surface area contributed by atoms with Gasteiger partial charge < -0.3 is 15.0 Å². The van der Waals surface area contributed by atoms with Crippen molar-refractivity contribution < 1.29 is 9.53 Å². The Morgan fingerprint density at radius 2 is 1.88 bits per heavy atom. The van der Waals surface area contributed by atoms with E-state index in [4.69, 9.17) is 4.74 Å². The molecule has 1 aliphatic heterocycles. The summed E-state index contributed by atoms with van der Waals surface area (Å²) in [5.74, 6) is -0.0881. The van der Waals surface area contributed by atoms with Crippen molar-refractivity contribution in [1.29, 1.82) is 0 Å². The third-order valence-corrected chi connectivity index (χ3v) is 4.61. The van der Waals surface area contributed by atoms with Gasteiger partial charge in [-0.25, -0.2) is 0 Å². The van der Waals surface area contributed by atoms with Gasteiger partial charge in [0.1, 0.15) is 0 Å². The van der Waals surface area contributed by atoms with E-state index in [1.807, 2.05) is 50.3 Å². The van der Waals surface area contributed by atoms with E-state index in [0.717, 1.165) is 37.4 Å². The smallest absolute Gasteiger partial charge is 0.244 e. The van der Waals surface area contributed by atoms with E-state index in [1.165, 1.54) is 11.3 Å². The van der Waals surface area contributed by atoms with Crippen LogP contribution < -0.4 is 10.2 Å². The molecule has 1 fully saturated rings. The van der Waals surface area contributed by atoms with Crippen LogP contribution in [0.3, 0.4) is 0 Å². The van der Waals surface area contributed by atoms with Crippen LogP contribution in [-0.2, 0) is 9.53 Å². The zero-order valence-corrected chi connectivity index (χ0v) is 15.4. The summed E-state index contributed by atoms with van der Waals surface area (Å²) in [4.78, 5) is 14.5. The molecule has 26 heavy (non-hydrogen) atoms. The molecule has 1 atom stereocenters. The number of benzene rings is 2. The van der Waals surface area contributed by atoms with E-state index in [-0.39, 0.29) is 11.9 Å². The molecule has 1 N–H and O–H groups in total. The van der Waals surface area contributed by atoms with Crippen molar-refractivity contribution >= 4 is 17.7 Å². The Hall–Kier alpha value is -2.59. The minimum Gasteiger partial charge on any atom is -0.378 e. The number of carbonyl (C=O) groups is 1. The molecule has 1 amide bonds. The fourth-order valence-corrected chi connectivity index (χ4v) is 3.01. The zero-order chi connectivity index (χ0) is 18.4. The first-order valence-corrected chi connectivity index (χ1v) is 9.10. The molecule has 0 unspecified atom stereocenters. The van der Waals surface area contributed by atoms with Crippen molar-refractivity contribution in [1.82, 2.24) is 5.32 Å². The van der Waals surface area contributed by atoms with Crippen LogP contribution in [0.15, 0.2) is 54.6 Å². The summed E-state index contributed by atoms with van der Waals surface area (Å²) in [7, 11) is 0. The highest BCUT2D eigenvalue weighted by Crippen LogP contribution is 2.21. The largest absolute Gasteiger partial charge is 0.378 e. The quantitative estimate of drug-likeness (QED) is 0.836. The fraction of sp³-hybridized carbons (Fsp3) is 0.318. The van der Waals surface area contributed by atoms with E-state index in [0.29, 0.717) is 0 Å². The Morgan fingerprint density at radius 1 is 1.15 bits per heavy atom. The van der Waals surface area contributed by atoms with Crippen molar-refractivity contribution in [3.05, 3.63) is 71.3 Å². The van der Waals surface area contributed by atoms with Crippen LogP contribution in [0.2, 0.25) is 0 Å². The topological polar surface area (TPSA) is 41.6 Å². The van der Waals surface area contributed by atoms with Gasteiger partial charge in [-0.15, -0.1) is 0 Å². The highest BCUT2D eigenvalue weighted by atomic mass is 16.5. The molecule has 1 saturated heterocycles. The maximum Gasteiger partial charge on any atom is 0.244 e. The summed E-state index contributed by atoms with van der Waals surface area (Å²) in [5, 5.41) is 3.04. The Labute approximate surface area is 155 Å². The number of nitrogens with zero attached hydrogens (tertiary/aromatic N) is 1. The van der Waals surface area contributed by atoms with Gasteiger partial charge in [-0.3, -0.25) is 4.79 Å². The van der Waals surface area contributed by atoms with E-state index < -0.39 is 0 Å². The number of rotatable bonds is 5.